The number of carbonyl (C=O) groups excluding carboxylic acids is 2. The molecular weight excluding hydrogens is 468 g/mol. The van der Waals surface area contributed by atoms with Crippen LogP contribution in [0.15, 0.2) is 36.4 Å². The first-order chi connectivity index (χ1) is 18.0. The van der Waals surface area contributed by atoms with Gasteiger partial charge in [0.2, 0.25) is 11.8 Å². The lowest BCUT2D eigenvalue weighted by atomic mass is 9.84. The molecule has 2 fully saturated rings. The molecule has 1 saturated heterocycles. The first-order valence-corrected chi connectivity index (χ1v) is 13.5. The third-order valence-electron chi connectivity index (χ3n) is 7.65. The number of benzene rings is 1. The molecule has 0 N–H and O–H groups in total. The highest BCUT2D eigenvalue weighted by Crippen LogP contribution is 2.28. The quantitative estimate of drug-likeness (QED) is 0.462. The molecule has 2 aromatic rings. The van der Waals surface area contributed by atoms with E-state index in [-0.39, 0.29) is 24.3 Å². The van der Waals surface area contributed by atoms with Crippen molar-refractivity contribution in [1.82, 2.24) is 24.9 Å². The van der Waals surface area contributed by atoms with E-state index in [9.17, 15) is 9.59 Å². The summed E-state index contributed by atoms with van der Waals surface area (Å²) in [6.07, 6.45) is 3.01. The van der Waals surface area contributed by atoms with Crippen molar-refractivity contribution in [1.29, 1.82) is 0 Å². The minimum atomic E-state index is 0.0336. The van der Waals surface area contributed by atoms with E-state index in [2.05, 4.69) is 33.8 Å². The summed E-state index contributed by atoms with van der Waals surface area (Å²) in [5.41, 5.74) is 1.74. The first kappa shape index (κ1) is 26.9. The van der Waals surface area contributed by atoms with Crippen molar-refractivity contribution in [2.45, 2.75) is 33.1 Å². The van der Waals surface area contributed by atoms with Gasteiger partial charge in [-0.05, 0) is 50.2 Å². The maximum atomic E-state index is 13.2. The van der Waals surface area contributed by atoms with Crippen LogP contribution >= 0.6 is 0 Å². The number of hydrogen-bond acceptors (Lipinski definition) is 7. The second kappa shape index (κ2) is 12.9. The van der Waals surface area contributed by atoms with Gasteiger partial charge in [-0.15, -0.1) is 10.2 Å². The number of ether oxygens (including phenoxy) is 1. The first-order valence-electron chi connectivity index (χ1n) is 13.5. The standard InChI is InChI=1S/C28H40N6O3/c1-4-31(5-2)14-15-34(28(36)22-8-6-9-22)21-27(35)33-18-16-32(17-19-33)26-13-12-25(29-30-26)23-10-7-11-24(20-23)37-3/h7,10-13,20,22H,4-6,8-9,14-19,21H2,1-3H3. The minimum absolute atomic E-state index is 0.0336. The van der Waals surface area contributed by atoms with E-state index in [0.29, 0.717) is 32.7 Å². The molecule has 1 aliphatic heterocycles. The Kier molecular flexibility index (Phi) is 9.33. The molecule has 4 rings (SSSR count). The fraction of sp³-hybridized carbons (Fsp3) is 0.571. The predicted octanol–water partition coefficient (Wildman–Crippen LogP) is 2.77. The summed E-state index contributed by atoms with van der Waals surface area (Å²) in [6.45, 7) is 10.3. The molecule has 9 nitrogen and oxygen atoms in total. The number of aromatic nitrogens is 2. The SMILES string of the molecule is CCN(CC)CCN(CC(=O)N1CCN(c2ccc(-c3cccc(OC)c3)nn2)CC1)C(=O)C1CCC1. The average molecular weight is 509 g/mol. The Hall–Kier alpha value is -3.20. The van der Waals surface area contributed by atoms with Crippen LogP contribution in [0.5, 0.6) is 5.75 Å². The average Bonchev–Trinajstić information content (AvgIpc) is 2.92. The second-order valence-electron chi connectivity index (χ2n) is 9.79. The number of nitrogens with zero attached hydrogens (tertiary/aromatic N) is 6. The molecule has 1 aliphatic carbocycles. The highest BCUT2D eigenvalue weighted by molar-refractivity contribution is 5.86. The van der Waals surface area contributed by atoms with Crippen LogP contribution in [0.25, 0.3) is 11.3 Å². The maximum absolute atomic E-state index is 13.2. The van der Waals surface area contributed by atoms with Gasteiger partial charge in [0.1, 0.15) is 5.75 Å². The number of likely N-dealkylation sites (N-methyl/N-ethyl adjacent to an activating group) is 1. The van der Waals surface area contributed by atoms with Gasteiger partial charge in [-0.2, -0.15) is 0 Å². The predicted molar refractivity (Wildman–Crippen MR) is 145 cm³/mol. The Morgan fingerprint density at radius 3 is 2.35 bits per heavy atom. The monoisotopic (exact) mass is 508 g/mol. The lowest BCUT2D eigenvalue weighted by molar-refractivity contribution is -0.145. The fourth-order valence-electron chi connectivity index (χ4n) is 4.86. The number of methoxy groups -OCH3 is 1. The zero-order valence-corrected chi connectivity index (χ0v) is 22.4. The van der Waals surface area contributed by atoms with Gasteiger partial charge in [-0.25, -0.2) is 0 Å². The summed E-state index contributed by atoms with van der Waals surface area (Å²) in [5.74, 6) is 1.87. The number of rotatable bonds is 11. The lowest BCUT2D eigenvalue weighted by Crippen LogP contribution is -2.53. The van der Waals surface area contributed by atoms with Crippen LogP contribution in [0.4, 0.5) is 5.82 Å². The highest BCUT2D eigenvalue weighted by Gasteiger charge is 2.32. The van der Waals surface area contributed by atoms with E-state index in [1.807, 2.05) is 41.3 Å². The molecule has 1 aromatic heterocycles. The summed E-state index contributed by atoms with van der Waals surface area (Å²) in [4.78, 5) is 34.4. The Morgan fingerprint density at radius 2 is 1.76 bits per heavy atom. The molecule has 0 spiro atoms. The fourth-order valence-corrected chi connectivity index (χ4v) is 4.86. The van der Waals surface area contributed by atoms with E-state index in [1.165, 1.54) is 0 Å². The number of hydrogen-bond donors (Lipinski definition) is 0. The van der Waals surface area contributed by atoms with Gasteiger partial charge in [0.25, 0.3) is 0 Å². The third kappa shape index (κ3) is 6.77. The van der Waals surface area contributed by atoms with Crippen LogP contribution in [0.3, 0.4) is 0 Å². The Morgan fingerprint density at radius 1 is 1.00 bits per heavy atom. The molecule has 0 bridgehead atoms. The summed E-state index contributed by atoms with van der Waals surface area (Å²) in [5, 5.41) is 8.86. The molecule has 0 atom stereocenters. The lowest BCUT2D eigenvalue weighted by Gasteiger charge is -2.37. The van der Waals surface area contributed by atoms with E-state index in [4.69, 9.17) is 4.74 Å². The minimum Gasteiger partial charge on any atom is -0.497 e. The van der Waals surface area contributed by atoms with Crippen LogP contribution in [0.2, 0.25) is 0 Å². The Bertz CT molecular complexity index is 1030. The molecule has 2 amide bonds. The van der Waals surface area contributed by atoms with E-state index < -0.39 is 0 Å². The molecule has 0 unspecified atom stereocenters. The number of anilines is 1. The van der Waals surface area contributed by atoms with Crippen LogP contribution in [-0.4, -0.2) is 103 Å². The van der Waals surface area contributed by atoms with Crippen molar-refractivity contribution in [2.24, 2.45) is 5.92 Å². The molecule has 2 heterocycles. The zero-order valence-electron chi connectivity index (χ0n) is 22.4. The largest absolute Gasteiger partial charge is 0.497 e. The molecule has 1 aromatic carbocycles. The summed E-state index contributed by atoms with van der Waals surface area (Å²) >= 11 is 0. The molecule has 2 aliphatic rings. The molecule has 1 saturated carbocycles. The second-order valence-corrected chi connectivity index (χ2v) is 9.79. The zero-order chi connectivity index (χ0) is 26.2. The van der Waals surface area contributed by atoms with Crippen LogP contribution < -0.4 is 9.64 Å². The van der Waals surface area contributed by atoms with Crippen molar-refractivity contribution in [3.63, 3.8) is 0 Å². The van der Waals surface area contributed by atoms with Crippen molar-refractivity contribution < 1.29 is 14.3 Å². The summed E-state index contributed by atoms with van der Waals surface area (Å²) in [6, 6.07) is 11.7. The molecular formula is C28H40N6O3. The molecule has 0 radical (unpaired) electrons. The topological polar surface area (TPSA) is 82.1 Å². The van der Waals surface area contributed by atoms with Crippen LogP contribution in [0.1, 0.15) is 33.1 Å². The van der Waals surface area contributed by atoms with Gasteiger partial charge in [0.05, 0.1) is 19.3 Å². The van der Waals surface area contributed by atoms with Gasteiger partial charge >= 0.3 is 0 Å². The van der Waals surface area contributed by atoms with Gasteiger partial charge < -0.3 is 24.3 Å². The Labute approximate surface area is 220 Å². The van der Waals surface area contributed by atoms with Crippen molar-refractivity contribution in [2.75, 3.05) is 70.9 Å². The summed E-state index contributed by atoms with van der Waals surface area (Å²) < 4.78 is 5.30. The third-order valence-corrected chi connectivity index (χ3v) is 7.65. The van der Waals surface area contributed by atoms with Gasteiger partial charge in [-0.3, -0.25) is 9.59 Å². The van der Waals surface area contributed by atoms with Gasteiger partial charge in [0.15, 0.2) is 5.82 Å². The normalized spacial score (nSPS) is 16.0. The van der Waals surface area contributed by atoms with Crippen LogP contribution in [-0.2, 0) is 9.59 Å². The maximum Gasteiger partial charge on any atom is 0.242 e. The smallest absolute Gasteiger partial charge is 0.242 e. The van der Waals surface area contributed by atoms with Crippen molar-refractivity contribution in [3.05, 3.63) is 36.4 Å². The summed E-state index contributed by atoms with van der Waals surface area (Å²) in [7, 11) is 1.65. The molecule has 200 valence electrons. The molecule has 37 heavy (non-hydrogen) atoms. The number of amides is 2. The van der Waals surface area contributed by atoms with Gasteiger partial charge in [-0.1, -0.05) is 32.4 Å². The van der Waals surface area contributed by atoms with Crippen molar-refractivity contribution >= 4 is 17.6 Å². The van der Waals surface area contributed by atoms with E-state index in [1.54, 1.807) is 12.0 Å². The number of piperazine rings is 1. The van der Waals surface area contributed by atoms with Crippen molar-refractivity contribution in [3.8, 4) is 17.0 Å². The number of carbonyl (C=O) groups is 2. The highest BCUT2D eigenvalue weighted by atomic mass is 16.5. The van der Waals surface area contributed by atoms with Crippen LogP contribution in [0, 0.1) is 5.92 Å². The van der Waals surface area contributed by atoms with Gasteiger partial charge in [0, 0.05) is 50.7 Å². The Balaban J connectivity index is 1.31. The molecule has 9 heteroatoms. The van der Waals surface area contributed by atoms with E-state index >= 15 is 0 Å². The van der Waals surface area contributed by atoms with E-state index in [0.717, 1.165) is 61.7 Å².